The van der Waals surface area contributed by atoms with Crippen molar-refractivity contribution in [1.82, 2.24) is 10.2 Å². The SMILES string of the molecule is COc1ccc(Cl)cc1N(CC(=O)N(Cc1ccc(C)cc1)[C@@H](C)C(=O)NCC(C)C)S(C)(=O)=O. The molecule has 192 valence electrons. The van der Waals surface area contributed by atoms with E-state index in [4.69, 9.17) is 16.3 Å². The van der Waals surface area contributed by atoms with Crippen molar-refractivity contribution in [3.63, 3.8) is 0 Å². The number of nitrogens with one attached hydrogen (secondary N) is 1. The van der Waals surface area contributed by atoms with Gasteiger partial charge in [-0.05, 0) is 43.5 Å². The summed E-state index contributed by atoms with van der Waals surface area (Å²) in [7, 11) is -2.49. The minimum absolute atomic E-state index is 0.139. The quantitative estimate of drug-likeness (QED) is 0.485. The Hall–Kier alpha value is -2.78. The summed E-state index contributed by atoms with van der Waals surface area (Å²) in [6.45, 7) is 7.61. The summed E-state index contributed by atoms with van der Waals surface area (Å²) in [6.07, 6.45) is 1.00. The molecule has 0 unspecified atom stereocenters. The Morgan fingerprint density at radius 1 is 1.09 bits per heavy atom. The van der Waals surface area contributed by atoms with Crippen LogP contribution in [0.2, 0.25) is 5.02 Å². The first-order valence-electron chi connectivity index (χ1n) is 11.3. The fraction of sp³-hybridized carbons (Fsp3) is 0.440. The van der Waals surface area contributed by atoms with Gasteiger partial charge in [-0.2, -0.15) is 0 Å². The Morgan fingerprint density at radius 2 is 1.71 bits per heavy atom. The summed E-state index contributed by atoms with van der Waals surface area (Å²) in [5.74, 6) is -0.362. The van der Waals surface area contributed by atoms with Crippen molar-refractivity contribution in [2.75, 3.05) is 30.8 Å². The molecule has 0 aliphatic rings. The maximum atomic E-state index is 13.6. The number of rotatable bonds is 11. The van der Waals surface area contributed by atoms with E-state index in [-0.39, 0.29) is 29.8 Å². The summed E-state index contributed by atoms with van der Waals surface area (Å²) < 4.78 is 31.7. The molecule has 0 fully saturated rings. The van der Waals surface area contributed by atoms with E-state index in [9.17, 15) is 18.0 Å². The second kappa shape index (κ2) is 12.3. The number of aryl methyl sites for hydroxylation is 1. The highest BCUT2D eigenvalue weighted by Gasteiger charge is 2.31. The number of benzene rings is 2. The maximum Gasteiger partial charge on any atom is 0.244 e. The normalized spacial score (nSPS) is 12.2. The van der Waals surface area contributed by atoms with Crippen LogP contribution in [-0.4, -0.2) is 57.6 Å². The van der Waals surface area contributed by atoms with Crippen molar-refractivity contribution in [2.24, 2.45) is 5.92 Å². The summed E-state index contributed by atoms with van der Waals surface area (Å²) in [4.78, 5) is 27.8. The third-order valence-corrected chi connectivity index (χ3v) is 6.78. The van der Waals surface area contributed by atoms with Crippen LogP contribution in [-0.2, 0) is 26.2 Å². The molecule has 8 nitrogen and oxygen atoms in total. The van der Waals surface area contributed by atoms with E-state index >= 15 is 0 Å². The monoisotopic (exact) mass is 523 g/mol. The molecule has 10 heteroatoms. The van der Waals surface area contributed by atoms with Crippen LogP contribution in [0.5, 0.6) is 5.75 Å². The first kappa shape index (κ1) is 28.5. The summed E-state index contributed by atoms with van der Waals surface area (Å²) in [5.41, 5.74) is 2.02. The number of anilines is 1. The Kier molecular flexibility index (Phi) is 9.97. The third kappa shape index (κ3) is 8.14. The van der Waals surface area contributed by atoms with Crippen LogP contribution in [0.3, 0.4) is 0 Å². The minimum Gasteiger partial charge on any atom is -0.495 e. The lowest BCUT2D eigenvalue weighted by atomic mass is 10.1. The Bertz CT molecular complexity index is 1140. The molecular formula is C25H34ClN3O5S. The number of hydrogen-bond donors (Lipinski definition) is 1. The Morgan fingerprint density at radius 3 is 2.26 bits per heavy atom. The molecule has 2 aromatic rings. The van der Waals surface area contributed by atoms with Crippen LogP contribution >= 0.6 is 11.6 Å². The van der Waals surface area contributed by atoms with Crippen LogP contribution < -0.4 is 14.4 Å². The van der Waals surface area contributed by atoms with Gasteiger partial charge in [-0.15, -0.1) is 0 Å². The molecular weight excluding hydrogens is 490 g/mol. The van der Waals surface area contributed by atoms with E-state index in [0.717, 1.165) is 21.7 Å². The van der Waals surface area contributed by atoms with E-state index in [1.165, 1.54) is 24.1 Å². The van der Waals surface area contributed by atoms with Gasteiger partial charge < -0.3 is 15.0 Å². The molecule has 0 aromatic heterocycles. The molecule has 35 heavy (non-hydrogen) atoms. The molecule has 0 radical (unpaired) electrons. The molecule has 0 aliphatic carbocycles. The molecule has 1 atom stereocenters. The van der Waals surface area contributed by atoms with Crippen molar-refractivity contribution < 1.29 is 22.7 Å². The highest BCUT2D eigenvalue weighted by molar-refractivity contribution is 7.92. The number of nitrogens with zero attached hydrogens (tertiary/aromatic N) is 2. The number of carbonyl (C=O) groups excluding carboxylic acids is 2. The van der Waals surface area contributed by atoms with Gasteiger partial charge in [-0.3, -0.25) is 13.9 Å². The van der Waals surface area contributed by atoms with E-state index in [2.05, 4.69) is 5.32 Å². The third-order valence-electron chi connectivity index (χ3n) is 5.41. The predicted molar refractivity (Wildman–Crippen MR) is 139 cm³/mol. The number of ether oxygens (including phenoxy) is 1. The number of methoxy groups -OCH3 is 1. The molecule has 2 rings (SSSR count). The smallest absolute Gasteiger partial charge is 0.244 e. The summed E-state index contributed by atoms with van der Waals surface area (Å²) >= 11 is 6.11. The number of halogens is 1. The van der Waals surface area contributed by atoms with E-state index in [0.29, 0.717) is 11.6 Å². The number of sulfonamides is 1. The Labute approximate surface area is 213 Å². The highest BCUT2D eigenvalue weighted by Crippen LogP contribution is 2.33. The van der Waals surface area contributed by atoms with Gasteiger partial charge in [0.25, 0.3) is 0 Å². The predicted octanol–water partition coefficient (Wildman–Crippen LogP) is 3.61. The molecule has 2 amide bonds. The van der Waals surface area contributed by atoms with Gasteiger partial charge in [0.15, 0.2) is 0 Å². The lowest BCUT2D eigenvalue weighted by molar-refractivity contribution is -0.139. The molecule has 0 bridgehead atoms. The molecule has 0 aliphatic heterocycles. The zero-order valence-corrected chi connectivity index (χ0v) is 22.6. The van der Waals surface area contributed by atoms with Crippen molar-refractivity contribution in [3.8, 4) is 5.75 Å². The summed E-state index contributed by atoms with van der Waals surface area (Å²) in [6, 6.07) is 11.3. The van der Waals surface area contributed by atoms with Gasteiger partial charge >= 0.3 is 0 Å². The molecule has 1 N–H and O–H groups in total. The number of amides is 2. The van der Waals surface area contributed by atoms with Crippen molar-refractivity contribution in [2.45, 2.75) is 40.3 Å². The zero-order chi connectivity index (χ0) is 26.3. The fourth-order valence-electron chi connectivity index (χ4n) is 3.38. The highest BCUT2D eigenvalue weighted by atomic mass is 35.5. The van der Waals surface area contributed by atoms with Gasteiger partial charge in [0.05, 0.1) is 19.1 Å². The first-order valence-corrected chi connectivity index (χ1v) is 13.5. The lowest BCUT2D eigenvalue weighted by Gasteiger charge is -2.32. The average molecular weight is 524 g/mol. The van der Waals surface area contributed by atoms with Gasteiger partial charge in [0.1, 0.15) is 18.3 Å². The fourth-order valence-corrected chi connectivity index (χ4v) is 4.39. The van der Waals surface area contributed by atoms with Crippen LogP contribution in [0.25, 0.3) is 0 Å². The minimum atomic E-state index is -3.90. The van der Waals surface area contributed by atoms with Gasteiger partial charge in [0, 0.05) is 18.1 Å². The standard InChI is InChI=1S/C25H34ClN3O5S/c1-17(2)14-27-25(31)19(4)28(15-20-9-7-18(3)8-10-20)24(30)16-29(35(6,32)33)22-13-21(26)11-12-23(22)34-5/h7-13,17,19H,14-16H2,1-6H3,(H,27,31)/t19-/m0/s1. The average Bonchev–Trinajstić information content (AvgIpc) is 2.79. The lowest BCUT2D eigenvalue weighted by Crippen LogP contribution is -2.51. The van der Waals surface area contributed by atoms with Gasteiger partial charge in [-0.25, -0.2) is 8.42 Å². The Balaban J connectivity index is 2.43. The second-order valence-corrected chi connectivity index (χ2v) is 11.3. The van der Waals surface area contributed by atoms with Crippen LogP contribution in [0, 0.1) is 12.8 Å². The number of carbonyl (C=O) groups is 2. The number of hydrogen-bond acceptors (Lipinski definition) is 5. The second-order valence-electron chi connectivity index (χ2n) is 8.91. The molecule has 0 saturated carbocycles. The van der Waals surface area contributed by atoms with Gasteiger partial charge in [-0.1, -0.05) is 55.3 Å². The van der Waals surface area contributed by atoms with Crippen molar-refractivity contribution >= 4 is 39.1 Å². The summed E-state index contributed by atoms with van der Waals surface area (Å²) in [5, 5.41) is 3.14. The molecule has 0 saturated heterocycles. The van der Waals surface area contributed by atoms with E-state index in [1.54, 1.807) is 13.0 Å². The first-order chi connectivity index (χ1) is 16.3. The van der Waals surface area contributed by atoms with Crippen LogP contribution in [0.1, 0.15) is 31.9 Å². The maximum absolute atomic E-state index is 13.6. The van der Waals surface area contributed by atoms with Crippen molar-refractivity contribution in [3.05, 3.63) is 58.6 Å². The zero-order valence-electron chi connectivity index (χ0n) is 21.0. The van der Waals surface area contributed by atoms with Crippen LogP contribution in [0.4, 0.5) is 5.69 Å². The molecule has 2 aromatic carbocycles. The van der Waals surface area contributed by atoms with Crippen molar-refractivity contribution in [1.29, 1.82) is 0 Å². The van der Waals surface area contributed by atoms with Gasteiger partial charge in [0.2, 0.25) is 21.8 Å². The topological polar surface area (TPSA) is 96.0 Å². The largest absolute Gasteiger partial charge is 0.495 e. The molecule has 0 spiro atoms. The van der Waals surface area contributed by atoms with E-state index in [1.807, 2.05) is 45.0 Å². The van der Waals surface area contributed by atoms with E-state index < -0.39 is 28.5 Å². The van der Waals surface area contributed by atoms with Crippen LogP contribution in [0.15, 0.2) is 42.5 Å². The molecule has 0 heterocycles.